The van der Waals surface area contributed by atoms with Crippen LogP contribution in [0.1, 0.15) is 6.42 Å². The number of ether oxygens (including phenoxy) is 2. The van der Waals surface area contributed by atoms with Crippen molar-refractivity contribution in [3.63, 3.8) is 0 Å². The second kappa shape index (κ2) is 3.13. The van der Waals surface area contributed by atoms with E-state index in [1.807, 2.05) is 0 Å². The Bertz CT molecular complexity index is 232. The highest BCUT2D eigenvalue weighted by atomic mass is 16.7. The molecule has 1 spiro atoms. The third-order valence-corrected chi connectivity index (χ3v) is 2.94. The van der Waals surface area contributed by atoms with E-state index in [2.05, 4.69) is 0 Å². The molecule has 1 aliphatic heterocycles. The molecule has 2 rings (SSSR count). The molecule has 0 aromatic heterocycles. The summed E-state index contributed by atoms with van der Waals surface area (Å²) in [6.07, 6.45) is -5.50. The molecule has 0 bridgehead atoms. The Morgan fingerprint density at radius 1 is 1.21 bits per heavy atom. The van der Waals surface area contributed by atoms with Crippen molar-refractivity contribution in [1.82, 2.24) is 0 Å². The molecule has 0 radical (unpaired) electrons. The van der Waals surface area contributed by atoms with Gasteiger partial charge in [0, 0.05) is 13.5 Å². The molecular weight excluding hydrogens is 192 g/mol. The van der Waals surface area contributed by atoms with E-state index >= 15 is 0 Å². The Hall–Kier alpha value is -0.240. The maximum atomic E-state index is 9.57. The van der Waals surface area contributed by atoms with Crippen LogP contribution in [-0.4, -0.2) is 63.8 Å². The first kappa shape index (κ1) is 10.3. The van der Waals surface area contributed by atoms with E-state index < -0.39 is 36.3 Å². The molecule has 6 nitrogen and oxygen atoms in total. The van der Waals surface area contributed by atoms with E-state index in [0.717, 1.165) is 0 Å². The second-order valence-corrected chi connectivity index (χ2v) is 3.82. The zero-order valence-electron chi connectivity index (χ0n) is 7.70. The smallest absolute Gasteiger partial charge is 0.186 e. The Balaban J connectivity index is 2.16. The summed E-state index contributed by atoms with van der Waals surface area (Å²) in [4.78, 5) is 0. The summed E-state index contributed by atoms with van der Waals surface area (Å²) < 4.78 is 10.0. The summed E-state index contributed by atoms with van der Waals surface area (Å²) in [5.41, 5.74) is -1.15. The number of hydrogen-bond acceptors (Lipinski definition) is 6. The van der Waals surface area contributed by atoms with Gasteiger partial charge in [-0.1, -0.05) is 0 Å². The second-order valence-electron chi connectivity index (χ2n) is 3.82. The highest BCUT2D eigenvalue weighted by Crippen LogP contribution is 2.48. The summed E-state index contributed by atoms with van der Waals surface area (Å²) >= 11 is 0. The summed E-state index contributed by atoms with van der Waals surface area (Å²) in [5, 5.41) is 37.8. The molecule has 6 heteroatoms. The molecule has 0 aromatic rings. The molecule has 0 amide bonds. The number of aliphatic hydroxyl groups is 4. The molecule has 1 aliphatic carbocycles. The van der Waals surface area contributed by atoms with Crippen molar-refractivity contribution >= 4 is 0 Å². The van der Waals surface area contributed by atoms with Gasteiger partial charge in [-0.3, -0.25) is 0 Å². The normalized spacial score (nSPS) is 57.6. The van der Waals surface area contributed by atoms with Gasteiger partial charge >= 0.3 is 0 Å². The SMILES string of the molecule is CO[C@H]1OC2(CC2O)[C@@H](O)[C@H](O)[C@@H]1O. The fourth-order valence-corrected chi connectivity index (χ4v) is 1.87. The first-order chi connectivity index (χ1) is 6.53. The Kier molecular flexibility index (Phi) is 2.30. The molecule has 82 valence electrons. The first-order valence-electron chi connectivity index (χ1n) is 4.46. The van der Waals surface area contributed by atoms with Crippen molar-refractivity contribution in [3.05, 3.63) is 0 Å². The topological polar surface area (TPSA) is 99.4 Å². The van der Waals surface area contributed by atoms with Crippen LogP contribution in [0.4, 0.5) is 0 Å². The van der Waals surface area contributed by atoms with Gasteiger partial charge in [0.05, 0.1) is 6.10 Å². The number of methoxy groups -OCH3 is 1. The molecule has 14 heavy (non-hydrogen) atoms. The van der Waals surface area contributed by atoms with Gasteiger partial charge in [0.25, 0.3) is 0 Å². The monoisotopic (exact) mass is 206 g/mol. The molecule has 2 fully saturated rings. The average Bonchev–Trinajstić information content (AvgIpc) is 2.81. The fraction of sp³-hybridized carbons (Fsp3) is 1.00. The molecule has 1 saturated carbocycles. The maximum Gasteiger partial charge on any atom is 0.186 e. The van der Waals surface area contributed by atoms with Crippen LogP contribution in [0.5, 0.6) is 0 Å². The van der Waals surface area contributed by atoms with Crippen LogP contribution in [0.15, 0.2) is 0 Å². The van der Waals surface area contributed by atoms with Crippen LogP contribution in [0.25, 0.3) is 0 Å². The minimum absolute atomic E-state index is 0.248. The van der Waals surface area contributed by atoms with Gasteiger partial charge in [0.15, 0.2) is 6.29 Å². The Morgan fingerprint density at radius 3 is 2.21 bits per heavy atom. The predicted molar refractivity (Wildman–Crippen MR) is 43.3 cm³/mol. The Labute approximate surface area is 80.7 Å². The van der Waals surface area contributed by atoms with Crippen LogP contribution in [-0.2, 0) is 9.47 Å². The van der Waals surface area contributed by atoms with Crippen molar-refractivity contribution in [2.75, 3.05) is 7.11 Å². The standard InChI is InChI=1S/C8H14O6/c1-13-7-5(11)4(10)6(12)8(14-7)2-3(8)9/h3-7,9-12H,2H2,1H3/t3?,4-,5+,6+,7+,8?/m1/s1. The van der Waals surface area contributed by atoms with E-state index in [9.17, 15) is 20.4 Å². The van der Waals surface area contributed by atoms with E-state index in [4.69, 9.17) is 9.47 Å². The van der Waals surface area contributed by atoms with Gasteiger partial charge in [-0.25, -0.2) is 0 Å². The van der Waals surface area contributed by atoms with Crippen LogP contribution >= 0.6 is 0 Å². The third kappa shape index (κ3) is 1.19. The quantitative estimate of drug-likeness (QED) is 0.381. The molecule has 6 atom stereocenters. The zero-order chi connectivity index (χ0) is 10.5. The fourth-order valence-electron chi connectivity index (χ4n) is 1.87. The minimum Gasteiger partial charge on any atom is -0.390 e. The average molecular weight is 206 g/mol. The summed E-state index contributed by atoms with van der Waals surface area (Å²) in [5.74, 6) is 0. The lowest BCUT2D eigenvalue weighted by Crippen LogP contribution is -2.60. The van der Waals surface area contributed by atoms with Crippen molar-refractivity contribution in [1.29, 1.82) is 0 Å². The molecular formula is C8H14O6. The van der Waals surface area contributed by atoms with Crippen molar-refractivity contribution < 1.29 is 29.9 Å². The van der Waals surface area contributed by atoms with Crippen LogP contribution in [0.3, 0.4) is 0 Å². The van der Waals surface area contributed by atoms with Crippen LogP contribution in [0.2, 0.25) is 0 Å². The van der Waals surface area contributed by atoms with E-state index in [0.29, 0.717) is 0 Å². The molecule has 1 saturated heterocycles. The number of aliphatic hydroxyl groups excluding tert-OH is 4. The molecule has 0 aromatic carbocycles. The van der Waals surface area contributed by atoms with Crippen LogP contribution < -0.4 is 0 Å². The summed E-state index contributed by atoms with van der Waals surface area (Å²) in [7, 11) is 1.32. The lowest BCUT2D eigenvalue weighted by Gasteiger charge is -2.40. The van der Waals surface area contributed by atoms with E-state index in [-0.39, 0.29) is 6.42 Å². The largest absolute Gasteiger partial charge is 0.390 e. The highest BCUT2D eigenvalue weighted by Gasteiger charge is 2.67. The maximum absolute atomic E-state index is 9.57. The first-order valence-corrected chi connectivity index (χ1v) is 4.46. The van der Waals surface area contributed by atoms with E-state index in [1.54, 1.807) is 0 Å². The zero-order valence-corrected chi connectivity index (χ0v) is 7.70. The molecule has 4 N–H and O–H groups in total. The Morgan fingerprint density at radius 2 is 1.79 bits per heavy atom. The number of hydrogen-bond donors (Lipinski definition) is 4. The van der Waals surface area contributed by atoms with Gasteiger partial charge in [-0.05, 0) is 0 Å². The van der Waals surface area contributed by atoms with Gasteiger partial charge < -0.3 is 29.9 Å². The van der Waals surface area contributed by atoms with Gasteiger partial charge in [-0.15, -0.1) is 0 Å². The van der Waals surface area contributed by atoms with E-state index in [1.165, 1.54) is 7.11 Å². The highest BCUT2D eigenvalue weighted by molar-refractivity contribution is 5.16. The predicted octanol–water partition coefficient (Wildman–Crippen LogP) is -2.42. The summed E-state index contributed by atoms with van der Waals surface area (Å²) in [6.45, 7) is 0. The van der Waals surface area contributed by atoms with Crippen LogP contribution in [0, 0.1) is 0 Å². The van der Waals surface area contributed by atoms with Crippen molar-refractivity contribution in [3.8, 4) is 0 Å². The summed E-state index contributed by atoms with van der Waals surface area (Å²) in [6, 6.07) is 0. The van der Waals surface area contributed by atoms with Crippen molar-refractivity contribution in [2.45, 2.75) is 42.7 Å². The number of rotatable bonds is 1. The van der Waals surface area contributed by atoms with Gasteiger partial charge in [0.1, 0.15) is 23.9 Å². The molecule has 2 unspecified atom stereocenters. The van der Waals surface area contributed by atoms with Crippen molar-refractivity contribution in [2.24, 2.45) is 0 Å². The third-order valence-electron chi connectivity index (χ3n) is 2.94. The lowest BCUT2D eigenvalue weighted by molar-refractivity contribution is -0.305. The molecule has 1 heterocycles. The lowest BCUT2D eigenvalue weighted by atomic mass is 9.97. The van der Waals surface area contributed by atoms with Gasteiger partial charge in [0.2, 0.25) is 0 Å². The minimum atomic E-state index is -1.36. The van der Waals surface area contributed by atoms with Gasteiger partial charge in [-0.2, -0.15) is 0 Å². The molecule has 2 aliphatic rings.